The van der Waals surface area contributed by atoms with Gasteiger partial charge in [-0.1, -0.05) is 36.4 Å². The molecule has 134 valence electrons. The van der Waals surface area contributed by atoms with Gasteiger partial charge in [-0.25, -0.2) is 9.18 Å². The number of rotatable bonds is 6. The lowest BCUT2D eigenvalue weighted by Crippen LogP contribution is -2.36. The number of hydrogen-bond acceptors (Lipinski definition) is 2. The molecule has 0 atom stereocenters. The highest BCUT2D eigenvalue weighted by molar-refractivity contribution is 5.73. The Morgan fingerprint density at radius 1 is 0.960 bits per heavy atom. The summed E-state index contributed by atoms with van der Waals surface area (Å²) in [4.78, 5) is 11.7. The number of urea groups is 1. The van der Waals surface area contributed by atoms with Gasteiger partial charge in [0.15, 0.2) is 0 Å². The van der Waals surface area contributed by atoms with E-state index >= 15 is 0 Å². The zero-order valence-corrected chi connectivity index (χ0v) is 13.1. The molecule has 2 aromatic rings. The van der Waals surface area contributed by atoms with Crippen LogP contribution in [0.25, 0.3) is 0 Å². The molecule has 25 heavy (non-hydrogen) atoms. The van der Waals surface area contributed by atoms with Crippen LogP contribution >= 0.6 is 0 Å². The van der Waals surface area contributed by atoms with E-state index in [1.54, 1.807) is 18.2 Å². The summed E-state index contributed by atoms with van der Waals surface area (Å²) in [6, 6.07) is 11.1. The van der Waals surface area contributed by atoms with Gasteiger partial charge in [0.2, 0.25) is 0 Å². The topological polar surface area (TPSA) is 50.4 Å². The molecule has 0 saturated carbocycles. The quantitative estimate of drug-likeness (QED) is 0.775. The van der Waals surface area contributed by atoms with E-state index < -0.39 is 12.4 Å². The van der Waals surface area contributed by atoms with Crippen LogP contribution in [0.15, 0.2) is 48.5 Å². The fourth-order valence-corrected chi connectivity index (χ4v) is 2.12. The number of alkyl halides is 3. The molecule has 0 aromatic heterocycles. The van der Waals surface area contributed by atoms with Gasteiger partial charge in [-0.3, -0.25) is 0 Å². The molecule has 0 radical (unpaired) electrons. The van der Waals surface area contributed by atoms with Crippen LogP contribution in [0, 0.1) is 5.82 Å². The van der Waals surface area contributed by atoms with E-state index in [0.717, 1.165) is 0 Å². The lowest BCUT2D eigenvalue weighted by molar-refractivity contribution is -0.274. The Kier molecular flexibility index (Phi) is 6.21. The molecule has 0 bridgehead atoms. The van der Waals surface area contributed by atoms with Crippen molar-refractivity contribution in [3.05, 3.63) is 65.5 Å². The molecule has 0 saturated heterocycles. The van der Waals surface area contributed by atoms with Crippen molar-refractivity contribution in [3.8, 4) is 5.75 Å². The normalized spacial score (nSPS) is 11.0. The molecule has 0 spiro atoms. The molecule has 0 aliphatic rings. The molecule has 0 fully saturated rings. The van der Waals surface area contributed by atoms with Gasteiger partial charge in [-0.05, 0) is 24.1 Å². The molecule has 8 heteroatoms. The van der Waals surface area contributed by atoms with Gasteiger partial charge in [-0.15, -0.1) is 13.2 Å². The summed E-state index contributed by atoms with van der Waals surface area (Å²) in [5, 5.41) is 4.95. The number of carbonyl (C=O) groups is 1. The number of ether oxygens (including phenoxy) is 1. The Labute approximate surface area is 141 Å². The lowest BCUT2D eigenvalue weighted by atomic mass is 10.1. The molecular formula is C17H16F4N2O2. The monoisotopic (exact) mass is 356 g/mol. The van der Waals surface area contributed by atoms with Crippen LogP contribution in [0.3, 0.4) is 0 Å². The minimum atomic E-state index is -4.81. The molecule has 0 aliphatic carbocycles. The molecule has 2 N–H and O–H groups in total. The maximum atomic E-state index is 13.4. The van der Waals surface area contributed by atoms with E-state index in [0.29, 0.717) is 12.0 Å². The largest absolute Gasteiger partial charge is 0.573 e. The minimum absolute atomic E-state index is 0.141. The fraction of sp³-hybridized carbons (Fsp3) is 0.235. The van der Waals surface area contributed by atoms with Crippen LogP contribution in [-0.2, 0) is 13.0 Å². The van der Waals surface area contributed by atoms with Crippen LogP contribution in [0.4, 0.5) is 22.4 Å². The molecule has 2 aromatic carbocycles. The Morgan fingerprint density at radius 3 is 2.28 bits per heavy atom. The number of benzene rings is 2. The average Bonchev–Trinajstić information content (AvgIpc) is 2.54. The first-order chi connectivity index (χ1) is 11.8. The predicted molar refractivity (Wildman–Crippen MR) is 83.5 cm³/mol. The van der Waals surface area contributed by atoms with Gasteiger partial charge in [-0.2, -0.15) is 0 Å². The number of hydrogen-bond donors (Lipinski definition) is 2. The van der Waals surface area contributed by atoms with Gasteiger partial charge < -0.3 is 15.4 Å². The van der Waals surface area contributed by atoms with Gasteiger partial charge in [0.25, 0.3) is 0 Å². The van der Waals surface area contributed by atoms with Gasteiger partial charge >= 0.3 is 12.4 Å². The Hall–Kier alpha value is -2.77. The summed E-state index contributed by atoms with van der Waals surface area (Å²) in [5.74, 6) is -0.732. The highest BCUT2D eigenvalue weighted by Crippen LogP contribution is 2.25. The molecule has 0 heterocycles. The van der Waals surface area contributed by atoms with Crippen LogP contribution < -0.4 is 15.4 Å². The summed E-state index contributed by atoms with van der Waals surface area (Å²) in [6.45, 7) is 0.0469. The molecule has 2 amide bonds. The van der Waals surface area contributed by atoms with E-state index in [1.165, 1.54) is 30.3 Å². The van der Waals surface area contributed by atoms with Crippen molar-refractivity contribution >= 4 is 6.03 Å². The first-order valence-corrected chi connectivity index (χ1v) is 7.44. The Balaban J connectivity index is 1.81. The number of amides is 2. The Bertz CT molecular complexity index is 720. The van der Waals surface area contributed by atoms with Gasteiger partial charge in [0, 0.05) is 18.7 Å². The second-order valence-corrected chi connectivity index (χ2v) is 5.11. The summed E-state index contributed by atoms with van der Waals surface area (Å²) in [6.07, 6.45) is -4.51. The van der Waals surface area contributed by atoms with Gasteiger partial charge in [0.1, 0.15) is 11.6 Å². The second-order valence-electron chi connectivity index (χ2n) is 5.11. The van der Waals surface area contributed by atoms with E-state index in [9.17, 15) is 22.4 Å². The van der Waals surface area contributed by atoms with Crippen molar-refractivity contribution in [2.45, 2.75) is 19.3 Å². The molecule has 0 unspecified atom stereocenters. The zero-order chi connectivity index (χ0) is 18.3. The summed E-state index contributed by atoms with van der Waals surface area (Å²) in [7, 11) is 0. The molecule has 2 rings (SSSR count). The predicted octanol–water partition coefficient (Wildman–Crippen LogP) is 3.77. The SMILES string of the molecule is O=C(NCCc1ccccc1F)NCc1ccccc1OC(F)(F)F. The molecular weight excluding hydrogens is 340 g/mol. The Morgan fingerprint density at radius 2 is 1.60 bits per heavy atom. The second kappa shape index (κ2) is 8.36. The van der Waals surface area contributed by atoms with E-state index in [4.69, 9.17) is 0 Å². The average molecular weight is 356 g/mol. The van der Waals surface area contributed by atoms with E-state index in [2.05, 4.69) is 15.4 Å². The number of nitrogens with one attached hydrogen (secondary N) is 2. The van der Waals surface area contributed by atoms with Crippen LogP contribution in [-0.4, -0.2) is 18.9 Å². The number of carbonyl (C=O) groups excluding carboxylic acids is 1. The van der Waals surface area contributed by atoms with Crippen LogP contribution in [0.5, 0.6) is 5.75 Å². The summed E-state index contributed by atoms with van der Waals surface area (Å²) >= 11 is 0. The maximum Gasteiger partial charge on any atom is 0.573 e. The van der Waals surface area contributed by atoms with Crippen molar-refractivity contribution < 1.29 is 27.1 Å². The maximum absolute atomic E-state index is 13.4. The standard InChI is InChI=1S/C17H16F4N2O2/c18-14-7-3-1-5-12(14)9-10-22-16(24)23-11-13-6-2-4-8-15(13)25-17(19,20)21/h1-8H,9-11H2,(H2,22,23,24). The first-order valence-electron chi connectivity index (χ1n) is 7.44. The van der Waals surface area contributed by atoms with Crippen molar-refractivity contribution in [1.82, 2.24) is 10.6 Å². The number of halogens is 4. The first kappa shape index (κ1) is 18.6. The highest BCUT2D eigenvalue weighted by Gasteiger charge is 2.31. The van der Waals surface area contributed by atoms with E-state index in [1.807, 2.05) is 0 Å². The van der Waals surface area contributed by atoms with Crippen molar-refractivity contribution in [2.75, 3.05) is 6.54 Å². The van der Waals surface area contributed by atoms with Crippen molar-refractivity contribution in [1.29, 1.82) is 0 Å². The van der Waals surface area contributed by atoms with Crippen molar-refractivity contribution in [2.24, 2.45) is 0 Å². The third kappa shape index (κ3) is 6.33. The molecule has 0 aliphatic heterocycles. The van der Waals surface area contributed by atoms with Crippen molar-refractivity contribution in [3.63, 3.8) is 0 Å². The van der Waals surface area contributed by atoms with Crippen LogP contribution in [0.1, 0.15) is 11.1 Å². The lowest BCUT2D eigenvalue weighted by Gasteiger charge is -2.14. The third-order valence-electron chi connectivity index (χ3n) is 3.28. The smallest absolute Gasteiger partial charge is 0.405 e. The zero-order valence-electron chi connectivity index (χ0n) is 13.1. The fourth-order valence-electron chi connectivity index (χ4n) is 2.12. The summed E-state index contributed by atoms with van der Waals surface area (Å²) < 4.78 is 54.3. The summed E-state index contributed by atoms with van der Waals surface area (Å²) in [5.41, 5.74) is 0.649. The van der Waals surface area contributed by atoms with Crippen LogP contribution in [0.2, 0.25) is 0 Å². The minimum Gasteiger partial charge on any atom is -0.405 e. The highest BCUT2D eigenvalue weighted by atomic mass is 19.4. The number of para-hydroxylation sites is 1. The third-order valence-corrected chi connectivity index (χ3v) is 3.28. The van der Waals surface area contributed by atoms with Gasteiger partial charge in [0.05, 0.1) is 0 Å². The van der Waals surface area contributed by atoms with E-state index in [-0.39, 0.29) is 30.2 Å². The molecule has 4 nitrogen and oxygen atoms in total.